The molecule has 0 amide bonds. The van der Waals surface area contributed by atoms with Crippen LogP contribution in [0.25, 0.3) is 10.8 Å². The smallest absolute Gasteiger partial charge is 0.0447 e. The van der Waals surface area contributed by atoms with Crippen LogP contribution in [0.5, 0.6) is 0 Å². The molecule has 0 saturated carbocycles. The third-order valence-electron chi connectivity index (χ3n) is 3.95. The van der Waals surface area contributed by atoms with Crippen LogP contribution in [0.2, 0.25) is 0 Å². The highest BCUT2D eigenvalue weighted by molar-refractivity contribution is 9.09. The van der Waals surface area contributed by atoms with Gasteiger partial charge in [0, 0.05) is 4.83 Å². The van der Waals surface area contributed by atoms with Crippen LogP contribution in [0, 0.1) is 0 Å². The van der Waals surface area contributed by atoms with E-state index in [0.29, 0.717) is 4.83 Å². The Bertz CT molecular complexity index is 767. The molecule has 0 spiro atoms. The van der Waals surface area contributed by atoms with Gasteiger partial charge in [-0.3, -0.25) is 0 Å². The second kappa shape index (κ2) is 4.98. The van der Waals surface area contributed by atoms with Crippen molar-refractivity contribution in [3.8, 4) is 0 Å². The number of benzene rings is 3. The molecule has 0 aliphatic carbocycles. The summed E-state index contributed by atoms with van der Waals surface area (Å²) in [7, 11) is -0.242. The van der Waals surface area contributed by atoms with E-state index in [2.05, 4.69) is 82.7 Å². The van der Waals surface area contributed by atoms with E-state index in [1.807, 2.05) is 0 Å². The van der Waals surface area contributed by atoms with Crippen molar-refractivity contribution in [1.82, 2.24) is 0 Å². The van der Waals surface area contributed by atoms with Crippen LogP contribution in [0.15, 0.2) is 66.7 Å². The lowest BCUT2D eigenvalue weighted by atomic mass is 10.1. The Labute approximate surface area is 128 Å². The van der Waals surface area contributed by atoms with Crippen LogP contribution >= 0.6 is 23.9 Å². The molecule has 0 nitrogen and oxygen atoms in total. The van der Waals surface area contributed by atoms with Crippen molar-refractivity contribution in [3.63, 3.8) is 0 Å². The average molecular weight is 341 g/mol. The SMILES string of the molecule is BrC1CP(c2ccccc2)c2c1ccc1ccccc21. The third kappa shape index (κ3) is 1.92. The first-order valence-corrected chi connectivity index (χ1v) is 9.27. The molecule has 0 fully saturated rings. The predicted molar refractivity (Wildman–Crippen MR) is 93.1 cm³/mol. The van der Waals surface area contributed by atoms with E-state index in [9.17, 15) is 0 Å². The quantitative estimate of drug-likeness (QED) is 0.444. The fourth-order valence-corrected chi connectivity index (χ4v) is 7.18. The van der Waals surface area contributed by atoms with E-state index in [-0.39, 0.29) is 7.92 Å². The van der Waals surface area contributed by atoms with Gasteiger partial charge in [-0.15, -0.1) is 0 Å². The first-order valence-electron chi connectivity index (χ1n) is 6.83. The summed E-state index contributed by atoms with van der Waals surface area (Å²) in [6.07, 6.45) is 1.21. The molecule has 0 bridgehead atoms. The Morgan fingerprint density at radius 3 is 2.45 bits per heavy atom. The van der Waals surface area contributed by atoms with Gasteiger partial charge < -0.3 is 0 Å². The molecule has 3 aromatic rings. The third-order valence-corrected chi connectivity index (χ3v) is 7.96. The molecular formula is C18H14BrP. The van der Waals surface area contributed by atoms with Crippen LogP contribution in [0.4, 0.5) is 0 Å². The van der Waals surface area contributed by atoms with E-state index in [1.54, 1.807) is 5.30 Å². The maximum absolute atomic E-state index is 3.88. The van der Waals surface area contributed by atoms with E-state index in [0.717, 1.165) is 0 Å². The molecule has 0 aromatic heterocycles. The van der Waals surface area contributed by atoms with Gasteiger partial charge in [0.15, 0.2) is 0 Å². The summed E-state index contributed by atoms with van der Waals surface area (Å²) >= 11 is 3.88. The Hall–Kier alpha value is -1.17. The molecular weight excluding hydrogens is 327 g/mol. The summed E-state index contributed by atoms with van der Waals surface area (Å²) in [4.78, 5) is 0.494. The Morgan fingerprint density at radius 1 is 0.850 bits per heavy atom. The number of halogens is 1. The fourth-order valence-electron chi connectivity index (χ4n) is 3.02. The Morgan fingerprint density at radius 2 is 1.60 bits per heavy atom. The van der Waals surface area contributed by atoms with Crippen molar-refractivity contribution in [2.45, 2.75) is 4.83 Å². The van der Waals surface area contributed by atoms with Crippen molar-refractivity contribution in [1.29, 1.82) is 0 Å². The minimum absolute atomic E-state index is 0.242. The molecule has 1 heterocycles. The summed E-state index contributed by atoms with van der Waals surface area (Å²) in [5, 5.41) is 5.85. The summed E-state index contributed by atoms with van der Waals surface area (Å²) < 4.78 is 0. The normalized spacial score (nSPS) is 21.1. The summed E-state index contributed by atoms with van der Waals surface area (Å²) in [6.45, 7) is 0. The highest BCUT2D eigenvalue weighted by Gasteiger charge is 2.31. The maximum Gasteiger partial charge on any atom is 0.0447 e. The maximum atomic E-state index is 3.88. The van der Waals surface area contributed by atoms with Crippen molar-refractivity contribution >= 4 is 45.2 Å². The van der Waals surface area contributed by atoms with Gasteiger partial charge in [-0.05, 0) is 41.0 Å². The van der Waals surface area contributed by atoms with E-state index in [4.69, 9.17) is 0 Å². The second-order valence-electron chi connectivity index (χ2n) is 5.14. The molecule has 1 aliphatic heterocycles. The van der Waals surface area contributed by atoms with Crippen molar-refractivity contribution in [2.24, 2.45) is 0 Å². The second-order valence-corrected chi connectivity index (χ2v) is 8.43. The predicted octanol–water partition coefficient (Wildman–Crippen LogP) is 4.72. The molecule has 0 radical (unpaired) electrons. The van der Waals surface area contributed by atoms with Gasteiger partial charge in [-0.1, -0.05) is 82.7 Å². The molecule has 0 saturated heterocycles. The Balaban J connectivity index is 1.99. The molecule has 0 N–H and O–H groups in total. The van der Waals surface area contributed by atoms with Gasteiger partial charge >= 0.3 is 0 Å². The van der Waals surface area contributed by atoms with Crippen LogP contribution in [-0.4, -0.2) is 6.16 Å². The molecule has 4 rings (SSSR count). The highest BCUT2D eigenvalue weighted by atomic mass is 79.9. The summed E-state index contributed by atoms with van der Waals surface area (Å²) in [6, 6.07) is 24.3. The topological polar surface area (TPSA) is 0 Å². The average Bonchev–Trinajstić information content (AvgIpc) is 2.86. The van der Waals surface area contributed by atoms with Gasteiger partial charge in [-0.2, -0.15) is 0 Å². The van der Waals surface area contributed by atoms with Gasteiger partial charge in [0.2, 0.25) is 0 Å². The fraction of sp³-hybridized carbons (Fsp3) is 0.111. The standard InChI is InChI=1S/C18H14BrP/c19-17-12-20(14-7-2-1-3-8-14)18-15-9-5-4-6-13(15)10-11-16(17)18/h1-11,17H,12H2. The molecule has 3 aromatic carbocycles. The minimum atomic E-state index is -0.242. The number of rotatable bonds is 1. The number of fused-ring (bicyclic) bond motifs is 3. The zero-order chi connectivity index (χ0) is 13.5. The van der Waals surface area contributed by atoms with Crippen LogP contribution in [0.3, 0.4) is 0 Å². The summed E-state index contributed by atoms with van der Waals surface area (Å²) in [5.41, 5.74) is 1.48. The van der Waals surface area contributed by atoms with Gasteiger partial charge in [0.1, 0.15) is 0 Å². The lowest BCUT2D eigenvalue weighted by Gasteiger charge is -2.15. The lowest BCUT2D eigenvalue weighted by Crippen LogP contribution is -2.11. The first-order chi connectivity index (χ1) is 9.84. The highest BCUT2D eigenvalue weighted by Crippen LogP contribution is 2.50. The van der Waals surface area contributed by atoms with Gasteiger partial charge in [0.25, 0.3) is 0 Å². The van der Waals surface area contributed by atoms with Gasteiger partial charge in [0.05, 0.1) is 0 Å². The largest absolute Gasteiger partial charge is 0.0834 e. The summed E-state index contributed by atoms with van der Waals surface area (Å²) in [5.74, 6) is 0. The Kier molecular flexibility index (Phi) is 3.13. The van der Waals surface area contributed by atoms with E-state index in [1.165, 1.54) is 27.8 Å². The molecule has 2 atom stereocenters. The number of hydrogen-bond donors (Lipinski definition) is 0. The molecule has 98 valence electrons. The van der Waals surface area contributed by atoms with Crippen molar-refractivity contribution in [3.05, 3.63) is 72.3 Å². The first kappa shape index (κ1) is 12.6. The molecule has 20 heavy (non-hydrogen) atoms. The monoisotopic (exact) mass is 340 g/mol. The van der Waals surface area contributed by atoms with Crippen molar-refractivity contribution in [2.75, 3.05) is 6.16 Å². The van der Waals surface area contributed by atoms with Crippen LogP contribution in [0.1, 0.15) is 10.4 Å². The molecule has 1 aliphatic rings. The van der Waals surface area contributed by atoms with Crippen LogP contribution < -0.4 is 10.6 Å². The minimum Gasteiger partial charge on any atom is -0.0834 e. The van der Waals surface area contributed by atoms with Crippen molar-refractivity contribution < 1.29 is 0 Å². The van der Waals surface area contributed by atoms with Crippen LogP contribution in [-0.2, 0) is 0 Å². The van der Waals surface area contributed by atoms with E-state index >= 15 is 0 Å². The van der Waals surface area contributed by atoms with Gasteiger partial charge in [-0.25, -0.2) is 0 Å². The number of alkyl halides is 1. The zero-order valence-corrected chi connectivity index (χ0v) is 13.4. The zero-order valence-electron chi connectivity index (χ0n) is 11.0. The number of hydrogen-bond acceptors (Lipinski definition) is 0. The molecule has 2 heteroatoms. The molecule has 2 unspecified atom stereocenters. The van der Waals surface area contributed by atoms with E-state index < -0.39 is 0 Å². The lowest BCUT2D eigenvalue weighted by molar-refractivity contribution is 1.18.